The molecule has 24 heavy (non-hydrogen) atoms. The van der Waals surface area contributed by atoms with Gasteiger partial charge in [0, 0.05) is 25.0 Å². The topological polar surface area (TPSA) is 75.4 Å². The summed E-state index contributed by atoms with van der Waals surface area (Å²) >= 11 is 0. The van der Waals surface area contributed by atoms with Gasteiger partial charge < -0.3 is 10.6 Å². The van der Waals surface area contributed by atoms with Crippen LogP contribution in [0.4, 0.5) is 0 Å². The number of benzene rings is 1. The summed E-state index contributed by atoms with van der Waals surface area (Å²) in [5.41, 5.74) is 6.53. The molecule has 1 aliphatic carbocycles. The largest absolute Gasteiger partial charge is 0.368 e. The first-order valence-corrected chi connectivity index (χ1v) is 8.99. The average molecular weight is 329 g/mol. The highest BCUT2D eigenvalue weighted by Crippen LogP contribution is 2.33. The maximum absolute atomic E-state index is 12.3. The van der Waals surface area contributed by atoms with E-state index in [1.54, 1.807) is 0 Å². The Morgan fingerprint density at radius 1 is 1.25 bits per heavy atom. The molecular formula is C19H27N3O2. The molecule has 1 aromatic rings. The molecule has 0 unspecified atom stereocenters. The smallest absolute Gasteiger partial charge is 0.239 e. The fraction of sp³-hybridized carbons (Fsp3) is 0.579. The van der Waals surface area contributed by atoms with Crippen molar-refractivity contribution in [3.05, 3.63) is 35.9 Å². The van der Waals surface area contributed by atoms with Gasteiger partial charge in [0.05, 0.1) is 0 Å². The van der Waals surface area contributed by atoms with Crippen LogP contribution in [0.15, 0.2) is 30.3 Å². The van der Waals surface area contributed by atoms with Crippen LogP contribution in [0.1, 0.15) is 44.2 Å². The average Bonchev–Trinajstić information content (AvgIpc) is 3.44. The summed E-state index contributed by atoms with van der Waals surface area (Å²) in [5.74, 6) is 0.593. The summed E-state index contributed by atoms with van der Waals surface area (Å²) in [5, 5.41) is 3.46. The van der Waals surface area contributed by atoms with E-state index in [-0.39, 0.29) is 17.9 Å². The lowest BCUT2D eigenvalue weighted by atomic mass is 9.88. The molecule has 1 heterocycles. The lowest BCUT2D eigenvalue weighted by molar-refractivity contribution is -0.135. The summed E-state index contributed by atoms with van der Waals surface area (Å²) in [6.07, 6.45) is 3.94. The molecule has 0 bridgehead atoms. The number of nitrogens with zero attached hydrogens (tertiary/aromatic N) is 1. The Hall–Kier alpha value is -1.88. The normalized spacial score (nSPS) is 25.3. The Morgan fingerprint density at radius 3 is 2.54 bits per heavy atom. The SMILES string of the molecule is CC[C@@H]1CN(C(=O)C2CC2)CC[C@H]1N[C@@H](C(N)=O)c1ccccc1. The molecule has 0 spiro atoms. The number of nitrogens with one attached hydrogen (secondary N) is 1. The van der Waals surface area contributed by atoms with Crippen molar-refractivity contribution in [1.82, 2.24) is 10.2 Å². The minimum atomic E-state index is -0.476. The zero-order chi connectivity index (χ0) is 17.1. The van der Waals surface area contributed by atoms with E-state index < -0.39 is 6.04 Å². The van der Waals surface area contributed by atoms with E-state index in [0.717, 1.165) is 44.3 Å². The number of rotatable bonds is 6. The third-order valence-electron chi connectivity index (χ3n) is 5.29. The third kappa shape index (κ3) is 3.78. The Bertz CT molecular complexity index is 586. The van der Waals surface area contributed by atoms with Crippen molar-refractivity contribution in [3.8, 4) is 0 Å². The maximum atomic E-state index is 12.3. The van der Waals surface area contributed by atoms with Gasteiger partial charge in [0.1, 0.15) is 6.04 Å². The number of likely N-dealkylation sites (tertiary alicyclic amines) is 1. The van der Waals surface area contributed by atoms with Gasteiger partial charge in [-0.05, 0) is 30.7 Å². The summed E-state index contributed by atoms with van der Waals surface area (Å²) in [6, 6.07) is 9.34. The summed E-state index contributed by atoms with van der Waals surface area (Å²) < 4.78 is 0. The number of carbonyl (C=O) groups excluding carboxylic acids is 2. The van der Waals surface area contributed by atoms with Crippen LogP contribution in [0.25, 0.3) is 0 Å². The van der Waals surface area contributed by atoms with E-state index in [1.807, 2.05) is 35.2 Å². The molecule has 1 saturated heterocycles. The molecule has 3 rings (SSSR count). The molecule has 2 aliphatic rings. The molecule has 0 aromatic heterocycles. The third-order valence-corrected chi connectivity index (χ3v) is 5.29. The zero-order valence-electron chi connectivity index (χ0n) is 14.3. The van der Waals surface area contributed by atoms with Crippen molar-refractivity contribution in [3.63, 3.8) is 0 Å². The van der Waals surface area contributed by atoms with Crippen molar-refractivity contribution < 1.29 is 9.59 Å². The summed E-state index contributed by atoms with van der Waals surface area (Å²) in [4.78, 5) is 26.3. The molecule has 2 amide bonds. The molecule has 130 valence electrons. The van der Waals surface area contributed by atoms with Crippen LogP contribution in [-0.2, 0) is 9.59 Å². The molecule has 1 saturated carbocycles. The Balaban J connectivity index is 1.67. The highest BCUT2D eigenvalue weighted by Gasteiger charge is 2.38. The number of primary amides is 1. The van der Waals surface area contributed by atoms with E-state index in [9.17, 15) is 9.59 Å². The zero-order valence-corrected chi connectivity index (χ0v) is 14.3. The monoisotopic (exact) mass is 329 g/mol. The second kappa shape index (κ2) is 7.34. The molecule has 1 aliphatic heterocycles. The number of amides is 2. The lowest BCUT2D eigenvalue weighted by Crippen LogP contribution is -2.53. The molecule has 5 nitrogen and oxygen atoms in total. The van der Waals surface area contributed by atoms with Crippen molar-refractivity contribution in [2.45, 2.75) is 44.7 Å². The van der Waals surface area contributed by atoms with E-state index in [1.165, 1.54) is 0 Å². The van der Waals surface area contributed by atoms with Crippen molar-refractivity contribution in [2.75, 3.05) is 13.1 Å². The van der Waals surface area contributed by atoms with Gasteiger partial charge in [-0.25, -0.2) is 0 Å². The second-order valence-corrected chi connectivity index (χ2v) is 7.03. The molecule has 1 aromatic carbocycles. The molecule has 3 atom stereocenters. The van der Waals surface area contributed by atoms with Crippen LogP contribution in [0.5, 0.6) is 0 Å². The molecule has 5 heteroatoms. The first-order valence-electron chi connectivity index (χ1n) is 8.99. The summed E-state index contributed by atoms with van der Waals surface area (Å²) in [7, 11) is 0. The quantitative estimate of drug-likeness (QED) is 0.836. The number of nitrogens with two attached hydrogens (primary N) is 1. The molecule has 0 radical (unpaired) electrons. The van der Waals surface area contributed by atoms with Crippen molar-refractivity contribution >= 4 is 11.8 Å². The van der Waals surface area contributed by atoms with Gasteiger partial charge in [0.15, 0.2) is 0 Å². The highest BCUT2D eigenvalue weighted by atomic mass is 16.2. The van der Waals surface area contributed by atoms with Crippen molar-refractivity contribution in [2.24, 2.45) is 17.6 Å². The standard InChI is InChI=1S/C19H27N3O2/c1-2-13-12-22(19(24)15-8-9-15)11-10-16(13)21-17(18(20)23)14-6-4-3-5-7-14/h3-7,13,15-17,21H,2,8-12H2,1H3,(H2,20,23)/t13-,16-,17-/m1/s1. The Labute approximate surface area is 143 Å². The minimum Gasteiger partial charge on any atom is -0.368 e. The van der Waals surface area contributed by atoms with Gasteiger partial charge in [0.25, 0.3) is 0 Å². The molecular weight excluding hydrogens is 302 g/mol. The Morgan fingerprint density at radius 2 is 1.96 bits per heavy atom. The van der Waals surface area contributed by atoms with E-state index in [0.29, 0.717) is 11.8 Å². The fourth-order valence-corrected chi connectivity index (χ4v) is 3.66. The first-order chi connectivity index (χ1) is 11.6. The van der Waals surface area contributed by atoms with E-state index >= 15 is 0 Å². The van der Waals surface area contributed by atoms with E-state index in [2.05, 4.69) is 12.2 Å². The van der Waals surface area contributed by atoms with Crippen LogP contribution in [0.2, 0.25) is 0 Å². The van der Waals surface area contributed by atoms with Gasteiger partial charge in [0.2, 0.25) is 11.8 Å². The minimum absolute atomic E-state index is 0.205. The highest BCUT2D eigenvalue weighted by molar-refractivity contribution is 5.82. The number of hydrogen-bond donors (Lipinski definition) is 2. The van der Waals surface area contributed by atoms with Gasteiger partial charge in [-0.15, -0.1) is 0 Å². The van der Waals surface area contributed by atoms with Crippen LogP contribution >= 0.6 is 0 Å². The number of carbonyl (C=O) groups is 2. The predicted octanol–water partition coefficient (Wildman–Crippen LogP) is 1.84. The maximum Gasteiger partial charge on any atom is 0.239 e. The predicted molar refractivity (Wildman–Crippen MR) is 93.0 cm³/mol. The van der Waals surface area contributed by atoms with Crippen LogP contribution in [0.3, 0.4) is 0 Å². The number of hydrogen-bond acceptors (Lipinski definition) is 3. The Kier molecular flexibility index (Phi) is 5.19. The molecule has 3 N–H and O–H groups in total. The summed E-state index contributed by atoms with van der Waals surface area (Å²) in [6.45, 7) is 3.69. The van der Waals surface area contributed by atoms with Crippen LogP contribution < -0.4 is 11.1 Å². The molecule has 2 fully saturated rings. The van der Waals surface area contributed by atoms with Gasteiger partial charge in [-0.3, -0.25) is 14.9 Å². The van der Waals surface area contributed by atoms with Crippen molar-refractivity contribution in [1.29, 1.82) is 0 Å². The van der Waals surface area contributed by atoms with Crippen LogP contribution in [0, 0.1) is 11.8 Å². The fourth-order valence-electron chi connectivity index (χ4n) is 3.66. The van der Waals surface area contributed by atoms with Crippen LogP contribution in [-0.4, -0.2) is 35.8 Å². The van der Waals surface area contributed by atoms with Gasteiger partial charge in [-0.2, -0.15) is 0 Å². The van der Waals surface area contributed by atoms with Gasteiger partial charge >= 0.3 is 0 Å². The van der Waals surface area contributed by atoms with Gasteiger partial charge in [-0.1, -0.05) is 43.7 Å². The van der Waals surface area contributed by atoms with E-state index in [4.69, 9.17) is 5.73 Å². The first kappa shape index (κ1) is 17.0. The number of piperidine rings is 1. The lowest BCUT2D eigenvalue weighted by Gasteiger charge is -2.40. The second-order valence-electron chi connectivity index (χ2n) is 7.03.